The van der Waals surface area contributed by atoms with Gasteiger partial charge < -0.3 is 15.6 Å². The van der Waals surface area contributed by atoms with Crippen LogP contribution < -0.4 is 5.73 Å². The third-order valence-electron chi connectivity index (χ3n) is 2.34. The molecule has 0 aliphatic heterocycles. The van der Waals surface area contributed by atoms with E-state index in [1.165, 1.54) is 0 Å². The van der Waals surface area contributed by atoms with E-state index in [9.17, 15) is 4.79 Å². The Morgan fingerprint density at radius 3 is 2.75 bits per heavy atom. The summed E-state index contributed by atoms with van der Waals surface area (Å²) >= 11 is 0. The first-order valence-corrected chi connectivity index (χ1v) is 4.31. The average Bonchev–Trinajstić information content (AvgIpc) is 2.04. The van der Waals surface area contributed by atoms with Gasteiger partial charge in [0.15, 0.2) is 0 Å². The lowest BCUT2D eigenvalue weighted by Crippen LogP contribution is -2.34. The normalized spacial score (nSPS) is 29.8. The van der Waals surface area contributed by atoms with Crippen LogP contribution in [0, 0.1) is 5.92 Å². The van der Waals surface area contributed by atoms with Gasteiger partial charge in [0, 0.05) is 12.5 Å². The van der Waals surface area contributed by atoms with Crippen LogP contribution in [0.3, 0.4) is 0 Å². The number of ether oxygens (including phenoxy) is 1. The van der Waals surface area contributed by atoms with E-state index in [4.69, 9.17) is 15.6 Å². The Hall–Kier alpha value is -0.770. The van der Waals surface area contributed by atoms with E-state index in [2.05, 4.69) is 0 Å². The Morgan fingerprint density at radius 2 is 2.17 bits per heavy atom. The number of hydrogen-bond donors (Lipinski definition) is 2. The van der Waals surface area contributed by atoms with E-state index in [0.717, 1.165) is 25.7 Å². The second kappa shape index (κ2) is 4.30. The van der Waals surface area contributed by atoms with Gasteiger partial charge in [0.2, 0.25) is 0 Å². The molecule has 12 heavy (non-hydrogen) atoms. The monoisotopic (exact) mass is 173 g/mol. The Balaban J connectivity index is 2.41. The molecule has 0 aromatic heterocycles. The van der Waals surface area contributed by atoms with Crippen LogP contribution in [0.25, 0.3) is 0 Å². The molecule has 3 N–H and O–H groups in total. The van der Waals surface area contributed by atoms with Gasteiger partial charge in [0.25, 0.3) is 0 Å². The Bertz CT molecular complexity index is 160. The van der Waals surface area contributed by atoms with E-state index in [1.807, 2.05) is 0 Å². The first-order valence-electron chi connectivity index (χ1n) is 4.31. The fraction of sp³-hybridized carbons (Fsp3) is 0.875. The van der Waals surface area contributed by atoms with E-state index < -0.39 is 6.09 Å². The molecule has 0 unspecified atom stereocenters. The molecule has 2 atom stereocenters. The Morgan fingerprint density at radius 1 is 1.50 bits per heavy atom. The molecule has 1 rings (SSSR count). The zero-order valence-corrected chi connectivity index (χ0v) is 7.03. The highest BCUT2D eigenvalue weighted by Crippen LogP contribution is 2.26. The minimum absolute atomic E-state index is 0.0813. The SMILES string of the molecule is NC(=O)O[C@H]1CCCC[C@@H]1CO. The number of aliphatic hydroxyl groups is 1. The summed E-state index contributed by atoms with van der Waals surface area (Å²) in [6.45, 7) is 0.0813. The molecule has 1 aliphatic carbocycles. The van der Waals surface area contributed by atoms with Gasteiger partial charge in [-0.25, -0.2) is 4.79 Å². The van der Waals surface area contributed by atoms with Gasteiger partial charge in [0.1, 0.15) is 6.10 Å². The molecule has 1 aliphatic rings. The number of primary amides is 1. The maximum absolute atomic E-state index is 10.4. The van der Waals surface area contributed by atoms with Crippen LogP contribution in [0.15, 0.2) is 0 Å². The lowest BCUT2D eigenvalue weighted by molar-refractivity contribution is 0.0192. The van der Waals surface area contributed by atoms with Gasteiger partial charge in [-0.1, -0.05) is 6.42 Å². The molecule has 0 spiro atoms. The zero-order chi connectivity index (χ0) is 8.97. The van der Waals surface area contributed by atoms with Crippen molar-refractivity contribution in [2.24, 2.45) is 11.7 Å². The first kappa shape index (κ1) is 9.32. The summed E-state index contributed by atoms with van der Waals surface area (Å²) in [4.78, 5) is 10.4. The molecule has 1 amide bonds. The van der Waals surface area contributed by atoms with Crippen molar-refractivity contribution in [3.63, 3.8) is 0 Å². The highest BCUT2D eigenvalue weighted by Gasteiger charge is 2.26. The summed E-state index contributed by atoms with van der Waals surface area (Å²) in [6, 6.07) is 0. The van der Waals surface area contributed by atoms with Crippen LogP contribution in [0.1, 0.15) is 25.7 Å². The van der Waals surface area contributed by atoms with Gasteiger partial charge in [-0.2, -0.15) is 0 Å². The maximum atomic E-state index is 10.4. The van der Waals surface area contributed by atoms with Crippen LogP contribution >= 0.6 is 0 Å². The molecule has 70 valence electrons. The zero-order valence-electron chi connectivity index (χ0n) is 7.03. The number of hydrogen-bond acceptors (Lipinski definition) is 3. The lowest BCUT2D eigenvalue weighted by atomic mass is 9.87. The van der Waals surface area contributed by atoms with E-state index >= 15 is 0 Å². The molecule has 0 aromatic carbocycles. The summed E-state index contributed by atoms with van der Waals surface area (Å²) in [6.07, 6.45) is 3.00. The number of nitrogens with two attached hydrogens (primary N) is 1. The van der Waals surface area contributed by atoms with Crippen molar-refractivity contribution in [2.75, 3.05) is 6.61 Å². The van der Waals surface area contributed by atoms with Crippen LogP contribution in [0.4, 0.5) is 4.79 Å². The Kier molecular flexibility index (Phi) is 3.34. The van der Waals surface area contributed by atoms with Gasteiger partial charge >= 0.3 is 6.09 Å². The summed E-state index contributed by atoms with van der Waals surface area (Å²) in [5, 5.41) is 8.94. The molecule has 1 saturated carbocycles. The smallest absolute Gasteiger partial charge is 0.404 e. The summed E-state index contributed by atoms with van der Waals surface area (Å²) in [5.74, 6) is 0.0891. The molecular formula is C8H15NO3. The third kappa shape index (κ3) is 2.37. The number of aliphatic hydroxyl groups excluding tert-OH is 1. The number of amides is 1. The summed E-state index contributed by atoms with van der Waals surface area (Å²) in [5.41, 5.74) is 4.90. The van der Waals surface area contributed by atoms with Gasteiger partial charge in [-0.15, -0.1) is 0 Å². The van der Waals surface area contributed by atoms with Gasteiger partial charge in [-0.3, -0.25) is 0 Å². The highest BCUT2D eigenvalue weighted by molar-refractivity contribution is 5.64. The summed E-state index contributed by atoms with van der Waals surface area (Å²) < 4.78 is 4.87. The van der Waals surface area contributed by atoms with E-state index in [-0.39, 0.29) is 18.6 Å². The molecular weight excluding hydrogens is 158 g/mol. The van der Waals surface area contributed by atoms with Crippen molar-refractivity contribution < 1.29 is 14.6 Å². The topological polar surface area (TPSA) is 72.6 Å². The largest absolute Gasteiger partial charge is 0.446 e. The van der Waals surface area contributed by atoms with Crippen LogP contribution in [0.2, 0.25) is 0 Å². The molecule has 4 heteroatoms. The Labute approximate surface area is 71.7 Å². The van der Waals surface area contributed by atoms with Crippen molar-refractivity contribution in [3.05, 3.63) is 0 Å². The van der Waals surface area contributed by atoms with Crippen LogP contribution in [0.5, 0.6) is 0 Å². The summed E-state index contributed by atoms with van der Waals surface area (Å²) in [7, 11) is 0. The van der Waals surface area contributed by atoms with Crippen LogP contribution in [-0.2, 0) is 4.74 Å². The molecule has 4 nitrogen and oxygen atoms in total. The fourth-order valence-electron chi connectivity index (χ4n) is 1.69. The van der Waals surface area contributed by atoms with Gasteiger partial charge in [0.05, 0.1) is 0 Å². The van der Waals surface area contributed by atoms with Crippen LogP contribution in [-0.4, -0.2) is 23.9 Å². The first-order chi connectivity index (χ1) is 5.74. The number of carbonyl (C=O) groups is 1. The van der Waals surface area contributed by atoms with Crippen molar-refractivity contribution in [1.29, 1.82) is 0 Å². The predicted molar refractivity (Wildman–Crippen MR) is 43.5 cm³/mol. The van der Waals surface area contributed by atoms with E-state index in [1.54, 1.807) is 0 Å². The fourth-order valence-corrected chi connectivity index (χ4v) is 1.69. The van der Waals surface area contributed by atoms with Gasteiger partial charge in [-0.05, 0) is 19.3 Å². The minimum atomic E-state index is -0.736. The quantitative estimate of drug-likeness (QED) is 0.643. The molecule has 1 fully saturated rings. The second-order valence-electron chi connectivity index (χ2n) is 3.20. The number of carbonyl (C=O) groups excluding carboxylic acids is 1. The minimum Gasteiger partial charge on any atom is -0.446 e. The van der Waals surface area contributed by atoms with Crippen molar-refractivity contribution in [1.82, 2.24) is 0 Å². The van der Waals surface area contributed by atoms with Crippen molar-refractivity contribution in [3.8, 4) is 0 Å². The molecule has 0 bridgehead atoms. The van der Waals surface area contributed by atoms with Crippen molar-refractivity contribution in [2.45, 2.75) is 31.8 Å². The van der Waals surface area contributed by atoms with Crippen molar-refractivity contribution >= 4 is 6.09 Å². The predicted octanol–water partition coefficient (Wildman–Crippen LogP) is 0.633. The van der Waals surface area contributed by atoms with E-state index in [0.29, 0.717) is 0 Å². The molecule has 0 radical (unpaired) electrons. The maximum Gasteiger partial charge on any atom is 0.404 e. The standard InChI is InChI=1S/C8H15NO3/c9-8(11)12-7-4-2-1-3-6(7)5-10/h6-7,10H,1-5H2,(H2,9,11)/t6-,7+/m1/s1. The lowest BCUT2D eigenvalue weighted by Gasteiger charge is -2.28. The third-order valence-corrected chi connectivity index (χ3v) is 2.34. The molecule has 0 heterocycles. The molecule has 0 saturated heterocycles. The number of rotatable bonds is 2. The molecule has 0 aromatic rings. The second-order valence-corrected chi connectivity index (χ2v) is 3.20. The highest BCUT2D eigenvalue weighted by atomic mass is 16.6. The average molecular weight is 173 g/mol.